The molecule has 0 aliphatic rings. The lowest BCUT2D eigenvalue weighted by atomic mass is 10.1. The molecule has 1 aromatic carbocycles. The van der Waals surface area contributed by atoms with E-state index in [1.54, 1.807) is 24.6 Å². The van der Waals surface area contributed by atoms with Gasteiger partial charge in [-0.3, -0.25) is 5.43 Å². The molecule has 94 valence electrons. The Morgan fingerprint density at radius 3 is 3.00 bits per heavy atom. The van der Waals surface area contributed by atoms with Crippen LogP contribution in [0.15, 0.2) is 27.1 Å². The standard InChI is InChI=1S/C11H10BrFN4S/c1-6-2-7(8(12)3-9(6)13)4-15-17-11-16-10(14)5-18-11/h2-5H,14H2,1H3,(H,16,17). The summed E-state index contributed by atoms with van der Waals surface area (Å²) in [7, 11) is 0. The van der Waals surface area contributed by atoms with Crippen LogP contribution >= 0.6 is 27.3 Å². The number of nitrogens with one attached hydrogen (secondary N) is 1. The first kappa shape index (κ1) is 13.0. The zero-order valence-electron chi connectivity index (χ0n) is 9.45. The van der Waals surface area contributed by atoms with Gasteiger partial charge in [0.2, 0.25) is 5.13 Å². The van der Waals surface area contributed by atoms with Crippen LogP contribution in [0.3, 0.4) is 0 Å². The Hall–Kier alpha value is -1.47. The highest BCUT2D eigenvalue weighted by molar-refractivity contribution is 9.10. The quantitative estimate of drug-likeness (QED) is 0.670. The lowest BCUT2D eigenvalue weighted by Crippen LogP contribution is -1.94. The second-order valence-electron chi connectivity index (χ2n) is 3.57. The van der Waals surface area contributed by atoms with Crippen LogP contribution in [0, 0.1) is 12.7 Å². The molecule has 1 aromatic heterocycles. The van der Waals surface area contributed by atoms with E-state index in [9.17, 15) is 4.39 Å². The first-order valence-electron chi connectivity index (χ1n) is 5.02. The summed E-state index contributed by atoms with van der Waals surface area (Å²) in [4.78, 5) is 4.00. The maximum Gasteiger partial charge on any atom is 0.205 e. The highest BCUT2D eigenvalue weighted by atomic mass is 79.9. The van der Waals surface area contributed by atoms with Gasteiger partial charge in [0, 0.05) is 15.4 Å². The Balaban J connectivity index is 2.11. The number of rotatable bonds is 3. The van der Waals surface area contributed by atoms with Crippen molar-refractivity contribution < 1.29 is 4.39 Å². The molecule has 4 nitrogen and oxygen atoms in total. The zero-order valence-corrected chi connectivity index (χ0v) is 11.8. The largest absolute Gasteiger partial charge is 0.383 e. The number of thiazole rings is 1. The molecule has 2 rings (SSSR count). The number of aromatic nitrogens is 1. The third kappa shape index (κ3) is 3.05. The number of nitrogens with zero attached hydrogens (tertiary/aromatic N) is 2. The third-order valence-corrected chi connectivity index (χ3v) is 3.62. The van der Waals surface area contributed by atoms with Gasteiger partial charge < -0.3 is 5.73 Å². The normalized spacial score (nSPS) is 11.1. The van der Waals surface area contributed by atoms with Crippen molar-refractivity contribution in [2.45, 2.75) is 6.92 Å². The molecule has 0 bridgehead atoms. The minimum absolute atomic E-state index is 0.250. The van der Waals surface area contributed by atoms with Crippen molar-refractivity contribution in [1.29, 1.82) is 0 Å². The first-order valence-corrected chi connectivity index (χ1v) is 6.69. The summed E-state index contributed by atoms with van der Waals surface area (Å²) in [5.74, 6) is 0.205. The number of anilines is 2. The van der Waals surface area contributed by atoms with Gasteiger partial charge in [0.05, 0.1) is 6.21 Å². The number of aryl methyl sites for hydroxylation is 1. The minimum atomic E-state index is -0.250. The summed E-state index contributed by atoms with van der Waals surface area (Å²) < 4.78 is 13.9. The van der Waals surface area contributed by atoms with E-state index in [0.29, 0.717) is 21.0 Å². The summed E-state index contributed by atoms with van der Waals surface area (Å²) in [6.07, 6.45) is 1.59. The number of nitrogens with two attached hydrogens (primary N) is 1. The van der Waals surface area contributed by atoms with Crippen LogP contribution in [0.2, 0.25) is 0 Å². The van der Waals surface area contributed by atoms with Crippen molar-refractivity contribution in [3.63, 3.8) is 0 Å². The molecule has 2 aromatic rings. The van der Waals surface area contributed by atoms with Crippen molar-refractivity contribution in [3.8, 4) is 0 Å². The molecule has 1 heterocycles. The number of nitrogen functional groups attached to an aromatic ring is 1. The van der Waals surface area contributed by atoms with Crippen molar-refractivity contribution in [2.24, 2.45) is 5.10 Å². The Morgan fingerprint density at radius 1 is 1.56 bits per heavy atom. The SMILES string of the molecule is Cc1cc(C=NNc2nc(N)cs2)c(Br)cc1F. The van der Waals surface area contributed by atoms with E-state index in [1.807, 2.05) is 0 Å². The molecule has 18 heavy (non-hydrogen) atoms. The highest BCUT2D eigenvalue weighted by Crippen LogP contribution is 2.20. The second kappa shape index (κ2) is 5.45. The fraction of sp³-hybridized carbons (Fsp3) is 0.0909. The summed E-state index contributed by atoms with van der Waals surface area (Å²) >= 11 is 4.64. The lowest BCUT2D eigenvalue weighted by Gasteiger charge is -2.01. The topological polar surface area (TPSA) is 63.3 Å². The summed E-state index contributed by atoms with van der Waals surface area (Å²) in [5.41, 5.74) is 9.59. The first-order chi connectivity index (χ1) is 8.56. The highest BCUT2D eigenvalue weighted by Gasteiger charge is 2.03. The van der Waals surface area contributed by atoms with E-state index in [-0.39, 0.29) is 5.82 Å². The van der Waals surface area contributed by atoms with Crippen molar-refractivity contribution in [1.82, 2.24) is 4.98 Å². The number of halogens is 2. The molecule has 0 amide bonds. The predicted molar refractivity (Wildman–Crippen MR) is 76.6 cm³/mol. The summed E-state index contributed by atoms with van der Waals surface area (Å²) in [5, 5.41) is 6.35. The van der Waals surface area contributed by atoms with E-state index in [2.05, 4.69) is 31.4 Å². The van der Waals surface area contributed by atoms with Gasteiger partial charge in [0.25, 0.3) is 0 Å². The molecule has 0 unspecified atom stereocenters. The average molecular weight is 329 g/mol. The van der Waals surface area contributed by atoms with Gasteiger partial charge in [0.15, 0.2) is 0 Å². The van der Waals surface area contributed by atoms with Crippen molar-refractivity contribution >= 4 is 44.4 Å². The van der Waals surface area contributed by atoms with Crippen molar-refractivity contribution in [3.05, 3.63) is 38.9 Å². The molecule has 0 saturated heterocycles. The zero-order chi connectivity index (χ0) is 13.1. The minimum Gasteiger partial charge on any atom is -0.383 e. The number of hydrogen-bond acceptors (Lipinski definition) is 5. The molecular weight excluding hydrogens is 319 g/mol. The van der Waals surface area contributed by atoms with Gasteiger partial charge in [-0.25, -0.2) is 9.37 Å². The van der Waals surface area contributed by atoms with Gasteiger partial charge >= 0.3 is 0 Å². The Kier molecular flexibility index (Phi) is 3.93. The molecule has 0 fully saturated rings. The molecular formula is C11H10BrFN4S. The fourth-order valence-corrected chi connectivity index (χ4v) is 2.24. The Bertz CT molecular complexity index is 597. The van der Waals surface area contributed by atoms with E-state index in [4.69, 9.17) is 5.73 Å². The Morgan fingerprint density at radius 2 is 2.33 bits per heavy atom. The van der Waals surface area contributed by atoms with E-state index >= 15 is 0 Å². The number of benzene rings is 1. The molecule has 0 atom stereocenters. The number of hydrogen-bond donors (Lipinski definition) is 2. The van der Waals surface area contributed by atoms with Gasteiger partial charge in [-0.15, -0.1) is 11.3 Å². The molecule has 0 spiro atoms. The summed E-state index contributed by atoms with van der Waals surface area (Å²) in [6.45, 7) is 1.70. The van der Waals surface area contributed by atoms with Crippen LogP contribution in [-0.2, 0) is 0 Å². The molecule has 7 heteroatoms. The predicted octanol–water partition coefficient (Wildman–Crippen LogP) is 3.38. The number of hydrazone groups is 1. The maximum absolute atomic E-state index is 13.2. The van der Waals surface area contributed by atoms with Crippen LogP contribution in [0.1, 0.15) is 11.1 Å². The average Bonchev–Trinajstić information content (AvgIpc) is 2.71. The Labute approximate surface area is 116 Å². The van der Waals surface area contributed by atoms with Crippen molar-refractivity contribution in [2.75, 3.05) is 11.2 Å². The molecule has 0 radical (unpaired) electrons. The van der Waals surface area contributed by atoms with Gasteiger partial charge in [0.1, 0.15) is 11.6 Å². The molecule has 0 saturated carbocycles. The van der Waals surface area contributed by atoms with Crippen LogP contribution in [0.25, 0.3) is 0 Å². The van der Waals surface area contributed by atoms with Gasteiger partial charge in [-0.1, -0.05) is 15.9 Å². The third-order valence-electron chi connectivity index (χ3n) is 2.16. The maximum atomic E-state index is 13.2. The smallest absolute Gasteiger partial charge is 0.205 e. The van der Waals surface area contributed by atoms with Crippen LogP contribution < -0.4 is 11.2 Å². The van der Waals surface area contributed by atoms with E-state index < -0.39 is 0 Å². The van der Waals surface area contributed by atoms with Crippen LogP contribution in [0.5, 0.6) is 0 Å². The second-order valence-corrected chi connectivity index (χ2v) is 5.28. The molecule has 3 N–H and O–H groups in total. The van der Waals surface area contributed by atoms with Crippen LogP contribution in [-0.4, -0.2) is 11.2 Å². The van der Waals surface area contributed by atoms with Crippen LogP contribution in [0.4, 0.5) is 15.3 Å². The fourth-order valence-electron chi connectivity index (χ4n) is 1.27. The lowest BCUT2D eigenvalue weighted by molar-refractivity contribution is 0.617. The summed E-state index contributed by atoms with van der Waals surface area (Å²) in [6, 6.07) is 3.12. The molecule has 0 aliphatic carbocycles. The van der Waals surface area contributed by atoms with Gasteiger partial charge in [-0.05, 0) is 24.6 Å². The molecule has 0 aliphatic heterocycles. The van der Waals surface area contributed by atoms with E-state index in [0.717, 1.165) is 5.56 Å². The van der Waals surface area contributed by atoms with E-state index in [1.165, 1.54) is 17.4 Å². The monoisotopic (exact) mass is 328 g/mol. The van der Waals surface area contributed by atoms with Gasteiger partial charge in [-0.2, -0.15) is 5.10 Å².